The van der Waals surface area contributed by atoms with E-state index in [1.807, 2.05) is 0 Å². The van der Waals surface area contributed by atoms with Crippen molar-refractivity contribution in [2.45, 2.75) is 0 Å². The number of fused-ring (bicyclic) bond motifs is 1. The lowest BCUT2D eigenvalue weighted by atomic mass is 10.0. The highest BCUT2D eigenvalue weighted by Gasteiger charge is 2.12. The van der Waals surface area contributed by atoms with E-state index in [4.69, 9.17) is 5.73 Å². The summed E-state index contributed by atoms with van der Waals surface area (Å²) in [7, 11) is 0. The van der Waals surface area contributed by atoms with Gasteiger partial charge in [0, 0.05) is 16.8 Å². The first-order valence-corrected chi connectivity index (χ1v) is 6.22. The van der Waals surface area contributed by atoms with E-state index in [9.17, 15) is 14.4 Å². The van der Waals surface area contributed by atoms with Crippen molar-refractivity contribution in [3.63, 3.8) is 0 Å². The van der Waals surface area contributed by atoms with Gasteiger partial charge in [0.1, 0.15) is 0 Å². The van der Waals surface area contributed by atoms with Crippen molar-refractivity contribution in [3.8, 4) is 0 Å². The number of benzene rings is 2. The summed E-state index contributed by atoms with van der Waals surface area (Å²) in [4.78, 5) is 39.9. The van der Waals surface area contributed by atoms with Crippen LogP contribution in [0.3, 0.4) is 0 Å². The minimum Gasteiger partial charge on any atom is -0.398 e. The number of anilines is 1. The van der Waals surface area contributed by atoms with Crippen LogP contribution in [0.15, 0.2) is 52.1 Å². The fraction of sp³-hybridized carbons (Fsp3) is 0. The predicted molar refractivity (Wildman–Crippen MR) is 79.5 cm³/mol. The van der Waals surface area contributed by atoms with E-state index < -0.39 is 11.1 Å². The highest BCUT2D eigenvalue weighted by atomic mass is 16.2. The molecule has 0 atom stereocenters. The Hall–Kier alpha value is -3.15. The molecule has 0 fully saturated rings. The molecule has 0 spiro atoms. The number of aromatic amines is 2. The number of carbonyl (C=O) groups is 1. The minimum absolute atomic E-state index is 0.248. The van der Waals surface area contributed by atoms with Crippen LogP contribution in [-0.4, -0.2) is 15.8 Å². The van der Waals surface area contributed by atoms with Crippen molar-refractivity contribution in [3.05, 3.63) is 74.3 Å². The van der Waals surface area contributed by atoms with Crippen LogP contribution in [0.1, 0.15) is 15.9 Å². The Balaban J connectivity index is 2.15. The molecule has 0 aliphatic rings. The number of hydrogen-bond donors (Lipinski definition) is 3. The highest BCUT2D eigenvalue weighted by molar-refractivity contribution is 6.13. The van der Waals surface area contributed by atoms with Crippen molar-refractivity contribution in [1.82, 2.24) is 9.97 Å². The molecular weight excluding hydrogens is 270 g/mol. The van der Waals surface area contributed by atoms with Crippen LogP contribution in [0.25, 0.3) is 11.0 Å². The molecule has 0 aliphatic heterocycles. The molecule has 0 unspecified atom stereocenters. The third-order valence-electron chi connectivity index (χ3n) is 3.19. The second-order valence-electron chi connectivity index (χ2n) is 4.58. The van der Waals surface area contributed by atoms with Crippen LogP contribution < -0.4 is 16.9 Å². The Bertz CT molecular complexity index is 970. The summed E-state index contributed by atoms with van der Waals surface area (Å²) in [5.74, 6) is -0.248. The average molecular weight is 281 g/mol. The number of para-hydroxylation sites is 1. The molecule has 3 aromatic rings. The highest BCUT2D eigenvalue weighted by Crippen LogP contribution is 2.18. The van der Waals surface area contributed by atoms with Gasteiger partial charge < -0.3 is 15.7 Å². The van der Waals surface area contributed by atoms with Crippen molar-refractivity contribution >= 4 is 22.5 Å². The predicted octanol–water partition coefficient (Wildman–Crippen LogP) is 1.03. The van der Waals surface area contributed by atoms with Gasteiger partial charge in [-0.3, -0.25) is 14.4 Å². The van der Waals surface area contributed by atoms with E-state index >= 15 is 0 Å². The molecule has 0 saturated heterocycles. The van der Waals surface area contributed by atoms with Gasteiger partial charge in [-0.1, -0.05) is 12.1 Å². The summed E-state index contributed by atoms with van der Waals surface area (Å²) < 4.78 is 0. The standard InChI is InChI=1S/C15H11N3O3/c16-10-4-2-1-3-9(10)13(19)8-5-6-11-12(7-8)18-15(21)14(20)17-11/h1-7H,16H2,(H,17,20)(H,18,21). The van der Waals surface area contributed by atoms with Crippen molar-refractivity contribution in [2.24, 2.45) is 0 Å². The molecule has 1 heterocycles. The molecule has 0 bridgehead atoms. The third-order valence-corrected chi connectivity index (χ3v) is 3.19. The SMILES string of the molecule is Nc1ccccc1C(=O)c1ccc2[nH]c(=O)c(=O)[nH]c2c1. The Morgan fingerprint density at radius 3 is 2.29 bits per heavy atom. The maximum absolute atomic E-state index is 12.4. The fourth-order valence-corrected chi connectivity index (χ4v) is 2.12. The van der Waals surface area contributed by atoms with Gasteiger partial charge in [0.05, 0.1) is 11.0 Å². The smallest absolute Gasteiger partial charge is 0.314 e. The quantitative estimate of drug-likeness (QED) is 0.370. The topological polar surface area (TPSA) is 109 Å². The van der Waals surface area contributed by atoms with Crippen LogP contribution in [0, 0.1) is 0 Å². The fourth-order valence-electron chi connectivity index (χ4n) is 2.12. The van der Waals surface area contributed by atoms with Gasteiger partial charge in [0.15, 0.2) is 5.78 Å². The van der Waals surface area contributed by atoms with E-state index in [1.165, 1.54) is 6.07 Å². The normalized spacial score (nSPS) is 10.7. The molecule has 4 N–H and O–H groups in total. The maximum Gasteiger partial charge on any atom is 0.314 e. The first-order chi connectivity index (χ1) is 10.1. The van der Waals surface area contributed by atoms with Gasteiger partial charge in [0.2, 0.25) is 0 Å². The molecule has 0 amide bonds. The van der Waals surface area contributed by atoms with E-state index in [0.717, 1.165) is 0 Å². The monoisotopic (exact) mass is 281 g/mol. The number of ketones is 1. The molecule has 0 radical (unpaired) electrons. The summed E-state index contributed by atoms with van der Waals surface area (Å²) >= 11 is 0. The number of nitrogen functional groups attached to an aromatic ring is 1. The third kappa shape index (κ3) is 2.23. The lowest BCUT2D eigenvalue weighted by Crippen LogP contribution is -2.28. The minimum atomic E-state index is -0.758. The Morgan fingerprint density at radius 1 is 0.905 bits per heavy atom. The van der Waals surface area contributed by atoms with Crippen LogP contribution in [0.2, 0.25) is 0 Å². The molecule has 2 aromatic carbocycles. The molecule has 104 valence electrons. The van der Waals surface area contributed by atoms with E-state index in [0.29, 0.717) is 27.8 Å². The second-order valence-corrected chi connectivity index (χ2v) is 4.58. The number of aromatic nitrogens is 2. The average Bonchev–Trinajstić information content (AvgIpc) is 2.48. The molecular formula is C15H11N3O3. The summed E-state index contributed by atoms with van der Waals surface area (Å²) in [5.41, 5.74) is 6.30. The van der Waals surface area contributed by atoms with Crippen molar-refractivity contribution in [2.75, 3.05) is 5.73 Å². The summed E-state index contributed by atoms with van der Waals surface area (Å²) in [5, 5.41) is 0. The zero-order chi connectivity index (χ0) is 15.0. The van der Waals surface area contributed by atoms with Gasteiger partial charge in [-0.15, -0.1) is 0 Å². The molecule has 21 heavy (non-hydrogen) atoms. The summed E-state index contributed by atoms with van der Waals surface area (Å²) in [6, 6.07) is 11.4. The number of carbonyl (C=O) groups excluding carboxylic acids is 1. The van der Waals surface area contributed by atoms with Crippen LogP contribution in [0.5, 0.6) is 0 Å². The Morgan fingerprint density at radius 2 is 1.57 bits per heavy atom. The number of nitrogens with two attached hydrogens (primary N) is 1. The van der Waals surface area contributed by atoms with Crippen LogP contribution >= 0.6 is 0 Å². The van der Waals surface area contributed by atoms with Gasteiger partial charge in [-0.2, -0.15) is 0 Å². The molecule has 3 rings (SSSR count). The van der Waals surface area contributed by atoms with Gasteiger partial charge in [-0.25, -0.2) is 0 Å². The number of nitrogens with one attached hydrogen (secondary N) is 2. The molecule has 0 aliphatic carbocycles. The van der Waals surface area contributed by atoms with Crippen LogP contribution in [0.4, 0.5) is 5.69 Å². The number of hydrogen-bond acceptors (Lipinski definition) is 4. The van der Waals surface area contributed by atoms with E-state index in [-0.39, 0.29) is 5.78 Å². The largest absolute Gasteiger partial charge is 0.398 e. The Labute approximate surface area is 118 Å². The summed E-state index contributed by atoms with van der Waals surface area (Å²) in [6.45, 7) is 0. The molecule has 0 saturated carbocycles. The lowest BCUT2D eigenvalue weighted by Gasteiger charge is -2.05. The van der Waals surface area contributed by atoms with Gasteiger partial charge in [0.25, 0.3) is 0 Å². The maximum atomic E-state index is 12.4. The first-order valence-electron chi connectivity index (χ1n) is 6.22. The van der Waals surface area contributed by atoms with Crippen LogP contribution in [-0.2, 0) is 0 Å². The first kappa shape index (κ1) is 12.9. The second kappa shape index (κ2) is 4.75. The number of rotatable bonds is 2. The molecule has 1 aromatic heterocycles. The van der Waals surface area contributed by atoms with Gasteiger partial charge >= 0.3 is 11.1 Å². The summed E-state index contributed by atoms with van der Waals surface area (Å²) in [6.07, 6.45) is 0. The van der Waals surface area contributed by atoms with E-state index in [2.05, 4.69) is 9.97 Å². The lowest BCUT2D eigenvalue weighted by molar-refractivity contribution is 0.103. The zero-order valence-corrected chi connectivity index (χ0v) is 10.8. The van der Waals surface area contributed by atoms with Gasteiger partial charge in [-0.05, 0) is 30.3 Å². The molecule has 6 heteroatoms. The Kier molecular flexibility index (Phi) is 2.91. The van der Waals surface area contributed by atoms with E-state index in [1.54, 1.807) is 36.4 Å². The number of H-pyrrole nitrogens is 2. The van der Waals surface area contributed by atoms with Crippen molar-refractivity contribution < 1.29 is 4.79 Å². The molecule has 6 nitrogen and oxygen atoms in total. The van der Waals surface area contributed by atoms with Crippen molar-refractivity contribution in [1.29, 1.82) is 0 Å². The zero-order valence-electron chi connectivity index (χ0n) is 10.8.